The summed E-state index contributed by atoms with van der Waals surface area (Å²) in [5.41, 5.74) is 0.734. The van der Waals surface area contributed by atoms with Crippen molar-refractivity contribution in [3.05, 3.63) is 77.6 Å². The second kappa shape index (κ2) is 10.1. The van der Waals surface area contributed by atoms with E-state index in [9.17, 15) is 27.8 Å². The number of carbonyl (C=O) groups is 1. The fraction of sp³-hybridized carbons (Fsp3) is 0.174. The molecule has 9 heteroatoms. The van der Waals surface area contributed by atoms with Gasteiger partial charge in [0.25, 0.3) is 0 Å². The number of hydrogen-bond donors (Lipinski definition) is 2. The quantitative estimate of drug-likeness (QED) is 0.250. The molecule has 0 fully saturated rings. The highest BCUT2D eigenvalue weighted by Gasteiger charge is 2.19. The fourth-order valence-corrected chi connectivity index (χ4v) is 4.64. The van der Waals surface area contributed by atoms with E-state index >= 15 is 0 Å². The molecule has 3 aromatic carbocycles. The van der Waals surface area contributed by atoms with Gasteiger partial charge < -0.3 is 14.9 Å². The molecule has 0 bridgehead atoms. The van der Waals surface area contributed by atoms with Crippen LogP contribution in [0.2, 0.25) is 0 Å². The first kappa shape index (κ1) is 23.7. The van der Waals surface area contributed by atoms with Crippen LogP contribution in [0.5, 0.6) is 11.5 Å². The first-order valence-electron chi connectivity index (χ1n) is 9.58. The third-order valence-electron chi connectivity index (χ3n) is 4.61. The van der Waals surface area contributed by atoms with E-state index in [1.807, 2.05) is 0 Å². The van der Waals surface area contributed by atoms with Gasteiger partial charge in [0.05, 0.1) is 17.3 Å². The Morgan fingerprint density at radius 1 is 1.00 bits per heavy atom. The summed E-state index contributed by atoms with van der Waals surface area (Å²) in [6.45, 7) is 0.191. The Balaban J connectivity index is 1.83. The van der Waals surface area contributed by atoms with Crippen LogP contribution >= 0.6 is 15.9 Å². The minimum absolute atomic E-state index is 0.0311. The smallest absolute Gasteiger partial charge is 0.341 e. The summed E-state index contributed by atoms with van der Waals surface area (Å²) in [7, 11) is -3.84. The van der Waals surface area contributed by atoms with Gasteiger partial charge in [-0.2, -0.15) is 0 Å². The molecule has 0 saturated heterocycles. The maximum atomic E-state index is 13.6. The molecule has 3 aromatic rings. The van der Waals surface area contributed by atoms with E-state index in [1.54, 1.807) is 6.07 Å². The highest BCUT2D eigenvalue weighted by atomic mass is 79.9. The molecule has 0 atom stereocenters. The van der Waals surface area contributed by atoms with Crippen molar-refractivity contribution in [3.8, 4) is 22.6 Å². The maximum Gasteiger partial charge on any atom is 0.341 e. The molecule has 0 aliphatic heterocycles. The number of phenolic OH excluding ortho intramolecular Hbond substituents is 2. The van der Waals surface area contributed by atoms with Crippen LogP contribution in [-0.2, 0) is 20.3 Å². The summed E-state index contributed by atoms with van der Waals surface area (Å²) >= 11 is 3.22. The average molecular weight is 523 g/mol. The fourth-order valence-electron chi connectivity index (χ4n) is 3.04. The van der Waals surface area contributed by atoms with Gasteiger partial charge in [-0.15, -0.1) is 0 Å². The molecule has 0 aromatic heterocycles. The van der Waals surface area contributed by atoms with Crippen molar-refractivity contribution in [3.63, 3.8) is 0 Å². The number of ether oxygens (including phenoxy) is 1. The molecule has 168 valence electrons. The van der Waals surface area contributed by atoms with Crippen LogP contribution < -0.4 is 0 Å². The predicted octanol–water partition coefficient (Wildman–Crippen LogP) is 4.82. The van der Waals surface area contributed by atoms with Crippen LogP contribution in [0.4, 0.5) is 4.39 Å². The molecular formula is C23H20BrFO6S. The van der Waals surface area contributed by atoms with Gasteiger partial charge in [0.1, 0.15) is 22.9 Å². The standard InChI is InChI=1S/C23H20BrFO6S/c24-9-2-10-31-23(28)19-7-5-15(11-22(19)27)14-32(29,30)18-4-1-3-16(12-18)20-13-17(25)6-8-21(20)26/h1,3-8,11-13,26-27H,2,9-10,14H2. The number of esters is 1. The predicted molar refractivity (Wildman–Crippen MR) is 121 cm³/mol. The van der Waals surface area contributed by atoms with Crippen molar-refractivity contribution in [2.45, 2.75) is 17.1 Å². The number of sulfone groups is 1. The van der Waals surface area contributed by atoms with E-state index in [1.165, 1.54) is 42.5 Å². The van der Waals surface area contributed by atoms with Gasteiger partial charge in [-0.05, 0) is 60.0 Å². The van der Waals surface area contributed by atoms with Crippen molar-refractivity contribution >= 4 is 31.7 Å². The van der Waals surface area contributed by atoms with Crippen molar-refractivity contribution in [1.82, 2.24) is 0 Å². The molecule has 32 heavy (non-hydrogen) atoms. The minimum Gasteiger partial charge on any atom is -0.507 e. The SMILES string of the molecule is O=C(OCCCBr)c1ccc(CS(=O)(=O)c2cccc(-c3cc(F)ccc3O)c2)cc1O. The zero-order valence-corrected chi connectivity index (χ0v) is 19.2. The molecule has 0 radical (unpaired) electrons. The van der Waals surface area contributed by atoms with Gasteiger partial charge in [0.2, 0.25) is 0 Å². The van der Waals surface area contributed by atoms with E-state index < -0.39 is 27.4 Å². The first-order valence-corrected chi connectivity index (χ1v) is 12.4. The summed E-state index contributed by atoms with van der Waals surface area (Å²) in [6.07, 6.45) is 0.620. The third kappa shape index (κ3) is 5.66. The molecule has 3 rings (SSSR count). The number of alkyl halides is 1. The lowest BCUT2D eigenvalue weighted by molar-refractivity contribution is 0.0503. The monoisotopic (exact) mass is 522 g/mol. The summed E-state index contributed by atoms with van der Waals surface area (Å²) < 4.78 is 44.5. The molecule has 6 nitrogen and oxygen atoms in total. The van der Waals surface area contributed by atoms with Crippen LogP contribution in [-0.4, -0.2) is 36.5 Å². The second-order valence-electron chi connectivity index (χ2n) is 6.98. The van der Waals surface area contributed by atoms with Crippen molar-refractivity contribution in [2.24, 2.45) is 0 Å². The number of aromatic hydroxyl groups is 2. The Hall–Kier alpha value is -2.91. The van der Waals surface area contributed by atoms with Gasteiger partial charge in [0, 0.05) is 10.9 Å². The van der Waals surface area contributed by atoms with E-state index in [0.717, 1.165) is 12.1 Å². The van der Waals surface area contributed by atoms with Crippen LogP contribution in [0.25, 0.3) is 11.1 Å². The highest BCUT2D eigenvalue weighted by Crippen LogP contribution is 2.32. The Kier molecular flexibility index (Phi) is 7.52. The average Bonchev–Trinajstić information content (AvgIpc) is 2.75. The van der Waals surface area contributed by atoms with E-state index in [2.05, 4.69) is 15.9 Å². The number of benzene rings is 3. The number of carbonyl (C=O) groups excluding carboxylic acids is 1. The van der Waals surface area contributed by atoms with Crippen LogP contribution in [0.3, 0.4) is 0 Å². The van der Waals surface area contributed by atoms with E-state index in [4.69, 9.17) is 4.74 Å². The normalized spacial score (nSPS) is 11.3. The van der Waals surface area contributed by atoms with Crippen LogP contribution in [0, 0.1) is 5.82 Å². The second-order valence-corrected chi connectivity index (χ2v) is 9.76. The Bertz CT molecular complexity index is 1240. The van der Waals surface area contributed by atoms with Crippen molar-refractivity contribution < 1.29 is 32.6 Å². The molecule has 0 amide bonds. The van der Waals surface area contributed by atoms with Crippen LogP contribution in [0.1, 0.15) is 22.3 Å². The Labute approximate surface area is 193 Å². The van der Waals surface area contributed by atoms with Crippen molar-refractivity contribution in [1.29, 1.82) is 0 Å². The number of halogens is 2. The molecule has 0 spiro atoms. The molecule has 0 aliphatic rings. The Morgan fingerprint density at radius 3 is 2.50 bits per heavy atom. The van der Waals surface area contributed by atoms with Gasteiger partial charge in [0.15, 0.2) is 9.84 Å². The van der Waals surface area contributed by atoms with Crippen molar-refractivity contribution in [2.75, 3.05) is 11.9 Å². The summed E-state index contributed by atoms with van der Waals surface area (Å²) in [5.74, 6) is -2.24. The molecule has 0 unspecified atom stereocenters. The molecule has 2 N–H and O–H groups in total. The van der Waals surface area contributed by atoms with E-state index in [-0.39, 0.29) is 39.7 Å². The van der Waals surface area contributed by atoms with Gasteiger partial charge in [-0.25, -0.2) is 17.6 Å². The van der Waals surface area contributed by atoms with Gasteiger partial charge in [-0.1, -0.05) is 34.1 Å². The molecule has 0 aliphatic carbocycles. The Morgan fingerprint density at radius 2 is 1.78 bits per heavy atom. The first-order chi connectivity index (χ1) is 15.2. The van der Waals surface area contributed by atoms with Crippen LogP contribution in [0.15, 0.2) is 65.6 Å². The lowest BCUT2D eigenvalue weighted by Crippen LogP contribution is -2.08. The van der Waals surface area contributed by atoms with Gasteiger partial charge >= 0.3 is 5.97 Å². The summed E-state index contributed by atoms with van der Waals surface area (Å²) in [4.78, 5) is 12.0. The highest BCUT2D eigenvalue weighted by molar-refractivity contribution is 9.09. The topological polar surface area (TPSA) is 101 Å². The molecule has 0 heterocycles. The zero-order valence-electron chi connectivity index (χ0n) is 16.8. The maximum absolute atomic E-state index is 13.6. The zero-order chi connectivity index (χ0) is 23.3. The lowest BCUT2D eigenvalue weighted by atomic mass is 10.0. The summed E-state index contributed by atoms with van der Waals surface area (Å²) in [5, 5.41) is 20.8. The van der Waals surface area contributed by atoms with Gasteiger partial charge in [-0.3, -0.25) is 0 Å². The van der Waals surface area contributed by atoms with E-state index in [0.29, 0.717) is 17.3 Å². The lowest BCUT2D eigenvalue weighted by Gasteiger charge is -2.10. The molecule has 0 saturated carbocycles. The molecular weight excluding hydrogens is 503 g/mol. The largest absolute Gasteiger partial charge is 0.507 e. The number of rotatable bonds is 8. The minimum atomic E-state index is -3.84. The summed E-state index contributed by atoms with van der Waals surface area (Å²) in [6, 6.07) is 13.2. The number of phenols is 2. The third-order valence-corrected chi connectivity index (χ3v) is 6.86. The number of hydrogen-bond acceptors (Lipinski definition) is 6.